The second-order valence-electron chi connectivity index (χ2n) is 4.96. The minimum atomic E-state index is -0.145. The lowest BCUT2D eigenvalue weighted by molar-refractivity contribution is 0.0947. The normalized spacial score (nSPS) is 10.3. The lowest BCUT2D eigenvalue weighted by atomic mass is 10.1. The summed E-state index contributed by atoms with van der Waals surface area (Å²) in [6.45, 7) is 0.289. The molecule has 0 radical (unpaired) electrons. The molecule has 1 N–H and O–H groups in total. The summed E-state index contributed by atoms with van der Waals surface area (Å²) < 4.78 is 10.4. The number of nitrogens with one attached hydrogen (secondary N) is 1. The summed E-state index contributed by atoms with van der Waals surface area (Å²) in [6, 6.07) is 18.4. The van der Waals surface area contributed by atoms with Gasteiger partial charge >= 0.3 is 0 Å². The number of methoxy groups -OCH3 is 1. The summed E-state index contributed by atoms with van der Waals surface area (Å²) in [5, 5.41) is 6.83. The molecule has 0 aliphatic heterocycles. The topological polar surface area (TPSA) is 64.4 Å². The number of benzene rings is 2. The van der Waals surface area contributed by atoms with Gasteiger partial charge in [-0.1, -0.05) is 23.4 Å². The number of amides is 1. The van der Waals surface area contributed by atoms with Crippen molar-refractivity contribution < 1.29 is 14.1 Å². The molecule has 0 bridgehead atoms. The van der Waals surface area contributed by atoms with Gasteiger partial charge < -0.3 is 14.6 Å². The van der Waals surface area contributed by atoms with Gasteiger partial charge in [-0.2, -0.15) is 0 Å². The third kappa shape index (κ3) is 3.58. The predicted molar refractivity (Wildman–Crippen MR) is 86.1 cm³/mol. The largest absolute Gasteiger partial charge is 0.497 e. The first-order chi connectivity index (χ1) is 11.3. The minimum absolute atomic E-state index is 0.145. The Balaban J connectivity index is 1.64. The minimum Gasteiger partial charge on any atom is -0.497 e. The number of carbonyl (C=O) groups excluding carboxylic acids is 1. The molecule has 0 saturated carbocycles. The van der Waals surface area contributed by atoms with Crippen LogP contribution in [0.3, 0.4) is 0 Å². The fourth-order valence-corrected chi connectivity index (χ4v) is 2.15. The van der Waals surface area contributed by atoms with E-state index in [1.54, 1.807) is 19.2 Å². The van der Waals surface area contributed by atoms with Crippen LogP contribution in [0.1, 0.15) is 16.1 Å². The molecular weight excluding hydrogens is 292 g/mol. The maximum absolute atomic E-state index is 12.0. The van der Waals surface area contributed by atoms with Crippen LogP contribution in [0.5, 0.6) is 5.75 Å². The first-order valence-electron chi connectivity index (χ1n) is 7.19. The van der Waals surface area contributed by atoms with Crippen molar-refractivity contribution in [3.63, 3.8) is 0 Å². The van der Waals surface area contributed by atoms with Crippen LogP contribution in [0.25, 0.3) is 11.3 Å². The molecule has 1 heterocycles. The van der Waals surface area contributed by atoms with E-state index in [4.69, 9.17) is 9.26 Å². The van der Waals surface area contributed by atoms with E-state index >= 15 is 0 Å². The third-order valence-electron chi connectivity index (χ3n) is 3.40. The van der Waals surface area contributed by atoms with E-state index in [-0.39, 0.29) is 12.5 Å². The van der Waals surface area contributed by atoms with Gasteiger partial charge in [0.15, 0.2) is 5.76 Å². The zero-order valence-electron chi connectivity index (χ0n) is 12.7. The zero-order chi connectivity index (χ0) is 16.1. The van der Waals surface area contributed by atoms with Gasteiger partial charge in [-0.3, -0.25) is 4.79 Å². The molecule has 0 aliphatic rings. The molecule has 0 saturated heterocycles. The monoisotopic (exact) mass is 308 g/mol. The van der Waals surface area contributed by atoms with Crippen LogP contribution in [-0.2, 0) is 6.54 Å². The molecule has 0 unspecified atom stereocenters. The summed E-state index contributed by atoms with van der Waals surface area (Å²) in [5.41, 5.74) is 2.26. The average molecular weight is 308 g/mol. The second-order valence-corrected chi connectivity index (χ2v) is 4.96. The third-order valence-corrected chi connectivity index (χ3v) is 3.40. The van der Waals surface area contributed by atoms with Gasteiger partial charge in [0, 0.05) is 17.2 Å². The number of rotatable bonds is 5. The summed E-state index contributed by atoms with van der Waals surface area (Å²) in [4.78, 5) is 12.0. The summed E-state index contributed by atoms with van der Waals surface area (Å²) in [6.07, 6.45) is 0. The van der Waals surface area contributed by atoms with E-state index in [0.717, 1.165) is 17.0 Å². The van der Waals surface area contributed by atoms with Crippen molar-refractivity contribution in [3.8, 4) is 17.0 Å². The van der Waals surface area contributed by atoms with Crippen molar-refractivity contribution >= 4 is 5.91 Å². The molecule has 3 aromatic rings. The Morgan fingerprint density at radius 1 is 1.13 bits per heavy atom. The van der Waals surface area contributed by atoms with Gasteiger partial charge in [-0.05, 0) is 36.4 Å². The van der Waals surface area contributed by atoms with E-state index in [0.29, 0.717) is 11.3 Å². The molecule has 23 heavy (non-hydrogen) atoms. The van der Waals surface area contributed by atoms with Crippen LogP contribution >= 0.6 is 0 Å². The molecular formula is C18H16N2O3. The molecule has 1 aromatic heterocycles. The lowest BCUT2D eigenvalue weighted by Crippen LogP contribution is -2.22. The maximum Gasteiger partial charge on any atom is 0.251 e. The molecule has 116 valence electrons. The van der Waals surface area contributed by atoms with E-state index in [1.807, 2.05) is 48.5 Å². The highest BCUT2D eigenvalue weighted by Gasteiger charge is 2.09. The molecule has 0 aliphatic carbocycles. The molecule has 0 atom stereocenters. The van der Waals surface area contributed by atoms with Gasteiger partial charge in [-0.15, -0.1) is 0 Å². The number of aromatic nitrogens is 1. The number of carbonyl (C=O) groups is 1. The molecule has 1 amide bonds. The Morgan fingerprint density at radius 2 is 1.87 bits per heavy atom. The number of ether oxygens (including phenoxy) is 1. The van der Waals surface area contributed by atoms with Crippen LogP contribution in [-0.4, -0.2) is 18.2 Å². The van der Waals surface area contributed by atoms with Crippen molar-refractivity contribution in [3.05, 3.63) is 72.0 Å². The number of hydrogen-bond acceptors (Lipinski definition) is 4. The van der Waals surface area contributed by atoms with Crippen molar-refractivity contribution in [2.75, 3.05) is 7.11 Å². The van der Waals surface area contributed by atoms with Crippen molar-refractivity contribution in [1.29, 1.82) is 0 Å². The van der Waals surface area contributed by atoms with Gasteiger partial charge in [0.05, 0.1) is 13.7 Å². The smallest absolute Gasteiger partial charge is 0.251 e. The van der Waals surface area contributed by atoms with Crippen LogP contribution in [0.4, 0.5) is 0 Å². The number of nitrogens with zero attached hydrogens (tertiary/aromatic N) is 1. The fraction of sp³-hybridized carbons (Fsp3) is 0.111. The zero-order valence-corrected chi connectivity index (χ0v) is 12.7. The molecule has 2 aromatic carbocycles. The Kier molecular flexibility index (Phi) is 4.38. The first kappa shape index (κ1) is 14.8. The van der Waals surface area contributed by atoms with Crippen LogP contribution in [0, 0.1) is 0 Å². The van der Waals surface area contributed by atoms with Gasteiger partial charge in [0.2, 0.25) is 0 Å². The SMILES string of the molecule is COc1ccc(-c2cc(CNC(=O)c3ccccc3)on2)cc1. The standard InChI is InChI=1S/C18H16N2O3/c1-22-15-9-7-13(8-10-15)17-11-16(23-20-17)12-19-18(21)14-5-3-2-4-6-14/h2-11H,12H2,1H3,(H,19,21). The Morgan fingerprint density at radius 3 is 2.57 bits per heavy atom. The van der Waals surface area contributed by atoms with Crippen molar-refractivity contribution in [1.82, 2.24) is 10.5 Å². The molecule has 0 spiro atoms. The highest BCUT2D eigenvalue weighted by molar-refractivity contribution is 5.94. The van der Waals surface area contributed by atoms with Crippen molar-refractivity contribution in [2.45, 2.75) is 6.54 Å². The summed E-state index contributed by atoms with van der Waals surface area (Å²) in [5.74, 6) is 1.24. The van der Waals surface area contributed by atoms with Crippen LogP contribution < -0.4 is 10.1 Å². The predicted octanol–water partition coefficient (Wildman–Crippen LogP) is 3.28. The Labute approximate surface area is 133 Å². The molecule has 5 nitrogen and oxygen atoms in total. The highest BCUT2D eigenvalue weighted by Crippen LogP contribution is 2.22. The van der Waals surface area contributed by atoms with Gasteiger partial charge in [0.25, 0.3) is 5.91 Å². The Hall–Kier alpha value is -3.08. The van der Waals surface area contributed by atoms with Crippen LogP contribution in [0.2, 0.25) is 0 Å². The van der Waals surface area contributed by atoms with E-state index in [1.165, 1.54) is 0 Å². The van der Waals surface area contributed by atoms with E-state index in [9.17, 15) is 4.79 Å². The Bertz CT molecular complexity index is 780. The molecule has 5 heteroatoms. The molecule has 0 fully saturated rings. The summed E-state index contributed by atoms with van der Waals surface area (Å²) in [7, 11) is 1.62. The average Bonchev–Trinajstić information content (AvgIpc) is 3.09. The van der Waals surface area contributed by atoms with Crippen molar-refractivity contribution in [2.24, 2.45) is 0 Å². The maximum atomic E-state index is 12.0. The van der Waals surface area contributed by atoms with E-state index < -0.39 is 0 Å². The van der Waals surface area contributed by atoms with E-state index in [2.05, 4.69) is 10.5 Å². The van der Waals surface area contributed by atoms with Gasteiger partial charge in [0.1, 0.15) is 11.4 Å². The molecule has 3 rings (SSSR count). The van der Waals surface area contributed by atoms with Gasteiger partial charge in [-0.25, -0.2) is 0 Å². The number of hydrogen-bond donors (Lipinski definition) is 1. The fourth-order valence-electron chi connectivity index (χ4n) is 2.15. The quantitative estimate of drug-likeness (QED) is 0.785. The highest BCUT2D eigenvalue weighted by atomic mass is 16.5. The first-order valence-corrected chi connectivity index (χ1v) is 7.19. The second kappa shape index (κ2) is 6.79. The summed E-state index contributed by atoms with van der Waals surface area (Å²) >= 11 is 0. The lowest BCUT2D eigenvalue weighted by Gasteiger charge is -2.01. The van der Waals surface area contributed by atoms with Crippen LogP contribution in [0.15, 0.2) is 65.2 Å².